The highest BCUT2D eigenvalue weighted by Crippen LogP contribution is 2.19. The number of nitrogens with zero attached hydrogens (tertiary/aromatic N) is 1. The first-order valence-electron chi connectivity index (χ1n) is 5.42. The molecule has 2 rings (SSSR count). The smallest absolute Gasteiger partial charge is 0.404 e. The quantitative estimate of drug-likeness (QED) is 0.743. The molecule has 2 aromatic rings. The van der Waals surface area contributed by atoms with Crippen molar-refractivity contribution in [3.05, 3.63) is 35.4 Å². The van der Waals surface area contributed by atoms with Crippen molar-refractivity contribution in [3.63, 3.8) is 0 Å². The molecule has 1 aromatic carbocycles. The van der Waals surface area contributed by atoms with Gasteiger partial charge in [-0.15, -0.1) is 0 Å². The van der Waals surface area contributed by atoms with Gasteiger partial charge in [-0.05, 0) is 30.3 Å². The van der Waals surface area contributed by atoms with Crippen LogP contribution < -0.4 is 10.6 Å². The third kappa shape index (κ3) is 3.24. The Balaban J connectivity index is 2.01. The SMILES string of the molecule is O=C(O)NCCNc1ccc2cc(Cl)ccc2n1. The Bertz CT molecular complexity index is 574. The normalized spacial score (nSPS) is 10.3. The summed E-state index contributed by atoms with van der Waals surface area (Å²) >= 11 is 5.88. The lowest BCUT2D eigenvalue weighted by Crippen LogP contribution is -2.27. The van der Waals surface area contributed by atoms with Gasteiger partial charge >= 0.3 is 6.09 Å². The molecule has 0 fully saturated rings. The van der Waals surface area contributed by atoms with Crippen molar-refractivity contribution < 1.29 is 9.90 Å². The number of rotatable bonds is 4. The predicted octanol–water partition coefficient (Wildman–Crippen LogP) is 2.57. The van der Waals surface area contributed by atoms with E-state index in [0.29, 0.717) is 23.9 Å². The van der Waals surface area contributed by atoms with Crippen molar-refractivity contribution in [2.75, 3.05) is 18.4 Å². The monoisotopic (exact) mass is 265 g/mol. The first-order chi connectivity index (χ1) is 8.65. The lowest BCUT2D eigenvalue weighted by molar-refractivity contribution is 0.195. The van der Waals surface area contributed by atoms with Gasteiger partial charge in [-0.2, -0.15) is 0 Å². The van der Waals surface area contributed by atoms with E-state index in [0.717, 1.165) is 10.9 Å². The van der Waals surface area contributed by atoms with Crippen molar-refractivity contribution in [3.8, 4) is 0 Å². The Labute approximate surface area is 109 Å². The molecule has 0 saturated carbocycles. The molecule has 0 radical (unpaired) electrons. The zero-order valence-electron chi connectivity index (χ0n) is 9.48. The number of nitrogens with one attached hydrogen (secondary N) is 2. The zero-order chi connectivity index (χ0) is 13.0. The molecule has 0 atom stereocenters. The maximum Gasteiger partial charge on any atom is 0.404 e. The first-order valence-corrected chi connectivity index (χ1v) is 5.80. The van der Waals surface area contributed by atoms with Gasteiger partial charge in [0.15, 0.2) is 0 Å². The zero-order valence-corrected chi connectivity index (χ0v) is 10.2. The average molecular weight is 266 g/mol. The Morgan fingerprint density at radius 2 is 2.11 bits per heavy atom. The van der Waals surface area contributed by atoms with E-state index in [1.165, 1.54) is 0 Å². The number of hydrogen-bond acceptors (Lipinski definition) is 3. The number of carbonyl (C=O) groups is 1. The number of benzene rings is 1. The number of pyridine rings is 1. The summed E-state index contributed by atoms with van der Waals surface area (Å²) in [5.74, 6) is 0.706. The average Bonchev–Trinajstić information content (AvgIpc) is 2.34. The molecule has 0 unspecified atom stereocenters. The molecule has 1 amide bonds. The molecule has 94 valence electrons. The topological polar surface area (TPSA) is 74.2 Å². The van der Waals surface area contributed by atoms with Gasteiger partial charge in [0.1, 0.15) is 5.82 Å². The molecule has 3 N–H and O–H groups in total. The second-order valence-corrected chi connectivity index (χ2v) is 4.13. The van der Waals surface area contributed by atoms with Crippen LogP contribution in [0.2, 0.25) is 5.02 Å². The molecular formula is C12H12ClN3O2. The summed E-state index contributed by atoms with van der Waals surface area (Å²) in [4.78, 5) is 14.6. The summed E-state index contributed by atoms with van der Waals surface area (Å²) in [6.45, 7) is 0.814. The molecule has 0 aliphatic rings. The lowest BCUT2D eigenvalue weighted by Gasteiger charge is -2.06. The molecule has 18 heavy (non-hydrogen) atoms. The highest BCUT2D eigenvalue weighted by Gasteiger charge is 1.99. The fraction of sp³-hybridized carbons (Fsp3) is 0.167. The standard InChI is InChI=1S/C12H12ClN3O2/c13-9-2-3-10-8(7-9)1-4-11(16-10)14-5-6-15-12(17)18/h1-4,7,15H,5-6H2,(H,14,16)(H,17,18). The summed E-state index contributed by atoms with van der Waals surface area (Å²) in [5, 5.41) is 15.4. The van der Waals surface area contributed by atoms with Gasteiger partial charge in [0, 0.05) is 23.5 Å². The van der Waals surface area contributed by atoms with Crippen LogP contribution in [0.5, 0.6) is 0 Å². The maximum atomic E-state index is 10.3. The molecule has 5 nitrogen and oxygen atoms in total. The van der Waals surface area contributed by atoms with Crippen molar-refractivity contribution in [2.45, 2.75) is 0 Å². The summed E-state index contributed by atoms with van der Waals surface area (Å²) in [7, 11) is 0. The summed E-state index contributed by atoms with van der Waals surface area (Å²) < 4.78 is 0. The fourth-order valence-corrected chi connectivity index (χ4v) is 1.74. The Kier molecular flexibility index (Phi) is 3.84. The van der Waals surface area contributed by atoms with E-state index in [2.05, 4.69) is 15.6 Å². The Morgan fingerprint density at radius 1 is 1.28 bits per heavy atom. The largest absolute Gasteiger partial charge is 0.465 e. The van der Waals surface area contributed by atoms with Crippen LogP contribution in [-0.2, 0) is 0 Å². The van der Waals surface area contributed by atoms with Gasteiger partial charge in [0.2, 0.25) is 0 Å². The van der Waals surface area contributed by atoms with Crippen molar-refractivity contribution >= 4 is 34.4 Å². The molecule has 6 heteroatoms. The van der Waals surface area contributed by atoms with Crippen molar-refractivity contribution in [1.29, 1.82) is 0 Å². The van der Waals surface area contributed by atoms with E-state index in [1.807, 2.05) is 24.3 Å². The van der Waals surface area contributed by atoms with Gasteiger partial charge in [0.05, 0.1) is 5.52 Å². The van der Waals surface area contributed by atoms with E-state index in [1.54, 1.807) is 6.07 Å². The molecular weight excluding hydrogens is 254 g/mol. The lowest BCUT2D eigenvalue weighted by atomic mass is 10.2. The Hall–Kier alpha value is -2.01. The maximum absolute atomic E-state index is 10.3. The van der Waals surface area contributed by atoms with Crippen LogP contribution in [0.3, 0.4) is 0 Å². The highest BCUT2D eigenvalue weighted by molar-refractivity contribution is 6.31. The molecule has 0 bridgehead atoms. The minimum Gasteiger partial charge on any atom is -0.465 e. The van der Waals surface area contributed by atoms with E-state index in [4.69, 9.17) is 16.7 Å². The molecule has 1 heterocycles. The predicted molar refractivity (Wildman–Crippen MR) is 71.3 cm³/mol. The first kappa shape index (κ1) is 12.4. The second kappa shape index (κ2) is 5.55. The number of amides is 1. The molecule has 1 aromatic heterocycles. The number of carboxylic acid groups (broad SMARTS) is 1. The molecule has 0 spiro atoms. The second-order valence-electron chi connectivity index (χ2n) is 3.69. The molecule has 0 aliphatic carbocycles. The van der Waals surface area contributed by atoms with Crippen LogP contribution in [0, 0.1) is 0 Å². The van der Waals surface area contributed by atoms with Gasteiger partial charge in [-0.3, -0.25) is 0 Å². The van der Waals surface area contributed by atoms with Crippen LogP contribution in [0.15, 0.2) is 30.3 Å². The van der Waals surface area contributed by atoms with E-state index in [9.17, 15) is 4.79 Å². The fourth-order valence-electron chi connectivity index (χ4n) is 1.55. The van der Waals surface area contributed by atoms with Gasteiger partial charge in [0.25, 0.3) is 0 Å². The Morgan fingerprint density at radius 3 is 2.89 bits per heavy atom. The van der Waals surface area contributed by atoms with Crippen molar-refractivity contribution in [1.82, 2.24) is 10.3 Å². The minimum absolute atomic E-state index is 0.329. The van der Waals surface area contributed by atoms with Gasteiger partial charge in [-0.1, -0.05) is 11.6 Å². The summed E-state index contributed by atoms with van der Waals surface area (Å²) in [5.41, 5.74) is 0.843. The van der Waals surface area contributed by atoms with Crippen LogP contribution in [0.25, 0.3) is 10.9 Å². The summed E-state index contributed by atoms with van der Waals surface area (Å²) in [6.07, 6.45) is -1.03. The van der Waals surface area contributed by atoms with E-state index >= 15 is 0 Å². The number of hydrogen-bond donors (Lipinski definition) is 3. The van der Waals surface area contributed by atoms with Crippen molar-refractivity contribution in [2.24, 2.45) is 0 Å². The van der Waals surface area contributed by atoms with Crippen LogP contribution in [0.1, 0.15) is 0 Å². The van der Waals surface area contributed by atoms with E-state index in [-0.39, 0.29) is 0 Å². The van der Waals surface area contributed by atoms with Crippen LogP contribution in [-0.4, -0.2) is 29.3 Å². The highest BCUT2D eigenvalue weighted by atomic mass is 35.5. The van der Waals surface area contributed by atoms with Gasteiger partial charge < -0.3 is 15.7 Å². The van der Waals surface area contributed by atoms with Crippen LogP contribution >= 0.6 is 11.6 Å². The number of aromatic nitrogens is 1. The van der Waals surface area contributed by atoms with Crippen LogP contribution in [0.4, 0.5) is 10.6 Å². The number of anilines is 1. The minimum atomic E-state index is -1.03. The number of fused-ring (bicyclic) bond motifs is 1. The third-order valence-corrected chi connectivity index (χ3v) is 2.59. The van der Waals surface area contributed by atoms with E-state index < -0.39 is 6.09 Å². The molecule has 0 saturated heterocycles. The summed E-state index contributed by atoms with van der Waals surface area (Å²) in [6, 6.07) is 9.23. The third-order valence-electron chi connectivity index (χ3n) is 2.36. The molecule has 0 aliphatic heterocycles. The number of halogens is 1. The van der Waals surface area contributed by atoms with Gasteiger partial charge in [-0.25, -0.2) is 9.78 Å².